The van der Waals surface area contributed by atoms with Crippen LogP contribution >= 0.6 is 11.3 Å². The van der Waals surface area contributed by atoms with E-state index in [1.54, 1.807) is 19.2 Å². The summed E-state index contributed by atoms with van der Waals surface area (Å²) in [5, 5.41) is 0.539. The first-order valence-electron chi connectivity index (χ1n) is 15.7. The van der Waals surface area contributed by atoms with Gasteiger partial charge in [0.1, 0.15) is 16.5 Å². The van der Waals surface area contributed by atoms with E-state index < -0.39 is 11.7 Å². The first-order chi connectivity index (χ1) is 21.6. The Morgan fingerprint density at radius 1 is 1.07 bits per heavy atom. The molecule has 2 aliphatic heterocycles. The number of ketones is 1. The minimum Gasteiger partial charge on any atom is -0.466 e. The zero-order chi connectivity index (χ0) is 32.1. The molecular weight excluding hydrogens is 603 g/mol. The maximum Gasteiger partial charge on any atom is 0.416 e. The van der Waals surface area contributed by atoms with Crippen molar-refractivity contribution < 1.29 is 27.5 Å². The highest BCUT2D eigenvalue weighted by atomic mass is 32.1. The van der Waals surface area contributed by atoms with Crippen LogP contribution in [-0.4, -0.2) is 63.9 Å². The molecule has 1 aromatic carbocycles. The molecule has 0 saturated carbocycles. The van der Waals surface area contributed by atoms with Gasteiger partial charge in [-0.05, 0) is 64.1 Å². The number of aryl methyl sites for hydroxylation is 1. The fraction of sp³-hybridized carbons (Fsp3) is 0.545. The third-order valence-electron chi connectivity index (χ3n) is 8.70. The average molecular weight is 644 g/mol. The molecule has 0 bridgehead atoms. The minimum atomic E-state index is -4.47. The number of ether oxygens (including phenoxy) is 1. The number of alkyl halides is 3. The van der Waals surface area contributed by atoms with Gasteiger partial charge in [0.2, 0.25) is 0 Å². The lowest BCUT2D eigenvalue weighted by atomic mass is 9.97. The van der Waals surface area contributed by atoms with Gasteiger partial charge >= 0.3 is 12.1 Å². The maximum absolute atomic E-state index is 13.8. The lowest BCUT2D eigenvalue weighted by Gasteiger charge is -2.31. The molecule has 0 amide bonds. The largest absolute Gasteiger partial charge is 0.466 e. The first kappa shape index (κ1) is 33.0. The van der Waals surface area contributed by atoms with Crippen molar-refractivity contribution in [1.29, 1.82) is 0 Å². The number of hydrogen-bond donors (Lipinski definition) is 0. The third kappa shape index (κ3) is 7.89. The van der Waals surface area contributed by atoms with Gasteiger partial charge in [-0.2, -0.15) is 13.2 Å². The number of Topliss-reactive ketones (excluding diaryl/α,β-unsaturated/α-hetero) is 1. The van der Waals surface area contributed by atoms with E-state index in [1.165, 1.54) is 36.6 Å². The number of anilines is 1. The van der Waals surface area contributed by atoms with Crippen molar-refractivity contribution in [2.45, 2.75) is 84.5 Å². The molecule has 2 saturated heterocycles. The molecular formula is C33H40F3N5O3S. The van der Waals surface area contributed by atoms with Gasteiger partial charge < -0.3 is 9.64 Å². The number of carbonyl (C=O) groups excluding carboxylic acids is 2. The number of carbonyl (C=O) groups is 2. The highest BCUT2D eigenvalue weighted by molar-refractivity contribution is 7.12. The van der Waals surface area contributed by atoms with Crippen molar-refractivity contribution in [3.63, 3.8) is 0 Å². The van der Waals surface area contributed by atoms with Crippen molar-refractivity contribution in [2.75, 3.05) is 31.1 Å². The quantitative estimate of drug-likeness (QED) is 0.165. The molecule has 12 heteroatoms. The van der Waals surface area contributed by atoms with Crippen LogP contribution in [0.1, 0.15) is 83.9 Å². The number of likely N-dealkylation sites (tertiary alicyclic amines) is 1. The SMILES string of the molecule is CCCC1CCCN1Cc1sc(CC(=O)c2cnc(N3CCC(C(=O)OCC)CC3)cn2)nc1-c1ccc(C)c(C(F)(F)F)c1. The van der Waals surface area contributed by atoms with Gasteiger partial charge in [0.15, 0.2) is 5.78 Å². The molecule has 2 fully saturated rings. The number of rotatable bonds is 11. The zero-order valence-corrected chi connectivity index (χ0v) is 26.8. The highest BCUT2D eigenvalue weighted by Crippen LogP contribution is 2.38. The summed E-state index contributed by atoms with van der Waals surface area (Å²) in [6.45, 7) is 8.58. The summed E-state index contributed by atoms with van der Waals surface area (Å²) in [5.74, 6) is 0.0970. The molecule has 0 spiro atoms. The van der Waals surface area contributed by atoms with Gasteiger partial charge in [-0.15, -0.1) is 11.3 Å². The summed E-state index contributed by atoms with van der Waals surface area (Å²) in [6, 6.07) is 4.77. The summed E-state index contributed by atoms with van der Waals surface area (Å²) in [5.41, 5.74) is 0.590. The Hall–Kier alpha value is -3.38. The van der Waals surface area contributed by atoms with E-state index in [0.717, 1.165) is 37.1 Å². The number of piperidine rings is 1. The molecule has 2 aliphatic rings. The fourth-order valence-corrected chi connectivity index (χ4v) is 7.41. The van der Waals surface area contributed by atoms with Gasteiger partial charge in [0.05, 0.1) is 42.6 Å². The van der Waals surface area contributed by atoms with E-state index in [1.807, 2.05) is 4.90 Å². The van der Waals surface area contributed by atoms with E-state index in [-0.39, 0.29) is 35.3 Å². The summed E-state index contributed by atoms with van der Waals surface area (Å²) in [4.78, 5) is 44.2. The van der Waals surface area contributed by atoms with E-state index >= 15 is 0 Å². The lowest BCUT2D eigenvalue weighted by Crippen LogP contribution is -2.37. The molecule has 45 heavy (non-hydrogen) atoms. The van der Waals surface area contributed by atoms with Crippen molar-refractivity contribution in [3.05, 3.63) is 57.3 Å². The van der Waals surface area contributed by atoms with Crippen LogP contribution in [0.5, 0.6) is 0 Å². The molecule has 2 aromatic heterocycles. The van der Waals surface area contributed by atoms with Crippen LogP contribution in [0.15, 0.2) is 30.6 Å². The minimum absolute atomic E-state index is 0.0208. The van der Waals surface area contributed by atoms with E-state index in [0.29, 0.717) is 67.2 Å². The predicted octanol–water partition coefficient (Wildman–Crippen LogP) is 6.90. The summed E-state index contributed by atoms with van der Waals surface area (Å²) in [6.07, 6.45) is 4.19. The second-order valence-electron chi connectivity index (χ2n) is 11.8. The van der Waals surface area contributed by atoms with Crippen LogP contribution in [0.3, 0.4) is 0 Å². The Kier molecular flexibility index (Phi) is 10.5. The number of thiazole rings is 1. The van der Waals surface area contributed by atoms with Crippen LogP contribution in [0.2, 0.25) is 0 Å². The molecule has 8 nitrogen and oxygen atoms in total. The van der Waals surface area contributed by atoms with Gasteiger partial charge in [-0.3, -0.25) is 14.5 Å². The monoisotopic (exact) mass is 643 g/mol. The molecule has 5 rings (SSSR count). The standard InChI is InChI=1S/C33H40F3N5O3S/c1-4-7-24-8-6-13-41(24)20-28-31(23-10-9-21(3)25(16-23)33(34,35)36)39-30(45-28)17-27(42)26-18-38-29(19-37-26)40-14-11-22(12-15-40)32(43)44-5-2/h9-10,16,18-19,22,24H,4-8,11-15,17,20H2,1-3H3. The second-order valence-corrected chi connectivity index (χ2v) is 13.0. The van der Waals surface area contributed by atoms with Gasteiger partial charge in [0, 0.05) is 36.1 Å². The molecule has 0 radical (unpaired) electrons. The Balaban J connectivity index is 1.33. The van der Waals surface area contributed by atoms with E-state index in [9.17, 15) is 22.8 Å². The summed E-state index contributed by atoms with van der Waals surface area (Å²) >= 11 is 1.38. The van der Waals surface area contributed by atoms with Crippen molar-refractivity contribution >= 4 is 28.9 Å². The predicted molar refractivity (Wildman–Crippen MR) is 167 cm³/mol. The average Bonchev–Trinajstić information content (AvgIpc) is 3.63. The fourth-order valence-electron chi connectivity index (χ4n) is 6.29. The van der Waals surface area contributed by atoms with Gasteiger partial charge in [-0.1, -0.05) is 25.5 Å². The number of nitrogens with zero attached hydrogens (tertiary/aromatic N) is 5. The molecule has 242 valence electrons. The van der Waals surface area contributed by atoms with Crippen LogP contribution in [0.4, 0.5) is 19.0 Å². The van der Waals surface area contributed by atoms with Crippen molar-refractivity contribution in [2.24, 2.45) is 5.92 Å². The van der Waals surface area contributed by atoms with Crippen LogP contribution in [0.25, 0.3) is 11.3 Å². The normalized spacial score (nSPS) is 18.0. The number of esters is 1. The molecule has 1 unspecified atom stereocenters. The van der Waals surface area contributed by atoms with Crippen LogP contribution in [0, 0.1) is 12.8 Å². The first-order valence-corrected chi connectivity index (χ1v) is 16.6. The Bertz CT molecular complexity index is 1490. The number of hydrogen-bond acceptors (Lipinski definition) is 9. The second kappa shape index (κ2) is 14.4. The molecule has 3 aromatic rings. The van der Waals surface area contributed by atoms with E-state index in [4.69, 9.17) is 9.72 Å². The zero-order valence-electron chi connectivity index (χ0n) is 26.0. The Labute approximate surface area is 266 Å². The topological polar surface area (TPSA) is 88.5 Å². The molecule has 0 aliphatic carbocycles. The Morgan fingerprint density at radius 3 is 2.51 bits per heavy atom. The van der Waals surface area contributed by atoms with Gasteiger partial charge in [-0.25, -0.2) is 15.0 Å². The molecule has 1 atom stereocenters. The maximum atomic E-state index is 13.8. The molecule has 0 N–H and O–H groups in total. The lowest BCUT2D eigenvalue weighted by molar-refractivity contribution is -0.148. The third-order valence-corrected chi connectivity index (χ3v) is 9.74. The highest BCUT2D eigenvalue weighted by Gasteiger charge is 2.33. The van der Waals surface area contributed by atoms with Crippen LogP contribution < -0.4 is 4.90 Å². The number of benzene rings is 1. The Morgan fingerprint density at radius 2 is 1.84 bits per heavy atom. The molecule has 4 heterocycles. The van der Waals surface area contributed by atoms with Crippen molar-refractivity contribution in [3.8, 4) is 11.3 Å². The summed E-state index contributed by atoms with van der Waals surface area (Å²) in [7, 11) is 0. The smallest absolute Gasteiger partial charge is 0.416 e. The van der Waals surface area contributed by atoms with Gasteiger partial charge in [0.25, 0.3) is 0 Å². The van der Waals surface area contributed by atoms with Crippen LogP contribution in [-0.2, 0) is 28.7 Å². The summed E-state index contributed by atoms with van der Waals surface area (Å²) < 4.78 is 46.5. The van der Waals surface area contributed by atoms with Crippen molar-refractivity contribution in [1.82, 2.24) is 19.9 Å². The number of halogens is 3. The van der Waals surface area contributed by atoms with E-state index in [2.05, 4.69) is 21.8 Å². The number of aromatic nitrogens is 3.